The lowest BCUT2D eigenvalue weighted by Gasteiger charge is -2.09. The van der Waals surface area contributed by atoms with Gasteiger partial charge in [-0.05, 0) is 16.8 Å². The number of hydrogen-bond acceptors (Lipinski definition) is 3. The van der Waals surface area contributed by atoms with Crippen LogP contribution < -0.4 is 5.19 Å². The number of rotatable bonds is 1. The molecule has 0 aliphatic rings. The van der Waals surface area contributed by atoms with E-state index in [4.69, 9.17) is 14.4 Å². The van der Waals surface area contributed by atoms with Crippen molar-refractivity contribution in [1.82, 2.24) is 0 Å². The van der Waals surface area contributed by atoms with E-state index in [-0.39, 0.29) is 5.19 Å². The standard InChI is InChI=1S/C10H10O3Si/c11-14(12,13)10-6-5-8-3-1-2-4-9(8)7-10/h1-7,11-13H. The Kier molecular flexibility index (Phi) is 2.12. The molecule has 0 aliphatic heterocycles. The molecule has 0 bridgehead atoms. The van der Waals surface area contributed by atoms with E-state index in [2.05, 4.69) is 0 Å². The van der Waals surface area contributed by atoms with Gasteiger partial charge in [-0.2, -0.15) is 0 Å². The Morgan fingerprint density at radius 3 is 2.07 bits per heavy atom. The summed E-state index contributed by atoms with van der Waals surface area (Å²) in [6.45, 7) is 0. The fourth-order valence-corrected chi connectivity index (χ4v) is 2.05. The van der Waals surface area contributed by atoms with Crippen molar-refractivity contribution in [2.75, 3.05) is 0 Å². The van der Waals surface area contributed by atoms with Crippen molar-refractivity contribution < 1.29 is 14.4 Å². The second-order valence-electron chi connectivity index (χ2n) is 3.20. The number of hydrogen-bond donors (Lipinski definition) is 3. The van der Waals surface area contributed by atoms with E-state index in [0.29, 0.717) is 0 Å². The highest BCUT2D eigenvalue weighted by molar-refractivity contribution is 6.71. The van der Waals surface area contributed by atoms with Gasteiger partial charge in [-0.3, -0.25) is 0 Å². The molecule has 0 spiro atoms. The van der Waals surface area contributed by atoms with Crippen LogP contribution in [0.3, 0.4) is 0 Å². The first kappa shape index (κ1) is 9.36. The maximum atomic E-state index is 9.10. The summed E-state index contributed by atoms with van der Waals surface area (Å²) in [5.74, 6) is 0. The molecule has 72 valence electrons. The van der Waals surface area contributed by atoms with Crippen molar-refractivity contribution in [3.63, 3.8) is 0 Å². The molecule has 2 aromatic carbocycles. The third kappa shape index (κ3) is 1.69. The van der Waals surface area contributed by atoms with Crippen molar-refractivity contribution in [3.8, 4) is 0 Å². The van der Waals surface area contributed by atoms with E-state index in [9.17, 15) is 0 Å². The van der Waals surface area contributed by atoms with Crippen LogP contribution in [0.25, 0.3) is 10.8 Å². The van der Waals surface area contributed by atoms with Gasteiger partial charge >= 0.3 is 8.80 Å². The second-order valence-corrected chi connectivity index (χ2v) is 5.05. The molecular weight excluding hydrogens is 196 g/mol. The molecule has 14 heavy (non-hydrogen) atoms. The van der Waals surface area contributed by atoms with Crippen LogP contribution >= 0.6 is 0 Å². The van der Waals surface area contributed by atoms with Crippen LogP contribution in [0.15, 0.2) is 42.5 Å². The highest BCUT2D eigenvalue weighted by Crippen LogP contribution is 2.11. The van der Waals surface area contributed by atoms with Crippen LogP contribution in [0, 0.1) is 0 Å². The largest absolute Gasteiger partial charge is 0.529 e. The normalized spacial score (nSPS) is 11.9. The summed E-state index contributed by atoms with van der Waals surface area (Å²) in [4.78, 5) is 27.3. The summed E-state index contributed by atoms with van der Waals surface area (Å²) >= 11 is 0. The maximum Gasteiger partial charge on any atom is 0.529 e. The third-order valence-electron chi connectivity index (χ3n) is 2.14. The molecule has 0 saturated carbocycles. The van der Waals surface area contributed by atoms with Crippen LogP contribution in [-0.4, -0.2) is 23.2 Å². The zero-order valence-corrected chi connectivity index (χ0v) is 8.38. The molecule has 0 radical (unpaired) electrons. The van der Waals surface area contributed by atoms with Crippen LogP contribution in [0.1, 0.15) is 0 Å². The molecule has 0 saturated heterocycles. The molecule has 2 aromatic rings. The molecule has 0 aromatic heterocycles. The highest BCUT2D eigenvalue weighted by atomic mass is 28.4. The van der Waals surface area contributed by atoms with Gasteiger partial charge in [0.05, 0.1) is 0 Å². The second kappa shape index (κ2) is 3.18. The Balaban J connectivity index is 2.63. The summed E-state index contributed by atoms with van der Waals surface area (Å²) in [6, 6.07) is 12.4. The first-order valence-corrected chi connectivity index (χ1v) is 6.08. The van der Waals surface area contributed by atoms with Gasteiger partial charge in [0.1, 0.15) is 0 Å². The molecule has 0 amide bonds. The highest BCUT2D eigenvalue weighted by Gasteiger charge is 2.29. The molecule has 0 fully saturated rings. The van der Waals surface area contributed by atoms with Gasteiger partial charge in [-0.25, -0.2) is 0 Å². The predicted molar refractivity (Wildman–Crippen MR) is 56.0 cm³/mol. The Hall–Kier alpha value is -1.20. The first-order chi connectivity index (χ1) is 6.57. The minimum Gasteiger partial charge on any atom is -0.386 e. The number of benzene rings is 2. The summed E-state index contributed by atoms with van der Waals surface area (Å²) in [5.41, 5.74) is 0. The fraction of sp³-hybridized carbons (Fsp3) is 0. The minimum atomic E-state index is -4.15. The lowest BCUT2D eigenvalue weighted by atomic mass is 10.1. The number of fused-ring (bicyclic) bond motifs is 1. The summed E-state index contributed by atoms with van der Waals surface area (Å²) < 4.78 is 0. The molecule has 0 atom stereocenters. The third-order valence-corrected chi connectivity index (χ3v) is 3.22. The van der Waals surface area contributed by atoms with Crippen molar-refractivity contribution in [2.24, 2.45) is 0 Å². The van der Waals surface area contributed by atoms with Crippen molar-refractivity contribution in [2.45, 2.75) is 0 Å². The SMILES string of the molecule is O[Si](O)(O)c1ccc2ccccc2c1. The molecule has 3 N–H and O–H groups in total. The van der Waals surface area contributed by atoms with E-state index in [0.717, 1.165) is 10.8 Å². The minimum absolute atomic E-state index is 0.205. The van der Waals surface area contributed by atoms with Gasteiger partial charge in [0.15, 0.2) is 0 Å². The van der Waals surface area contributed by atoms with Crippen molar-refractivity contribution >= 4 is 24.8 Å². The molecule has 2 rings (SSSR count). The molecule has 4 heteroatoms. The Morgan fingerprint density at radius 1 is 0.786 bits per heavy atom. The molecule has 0 unspecified atom stereocenters. The van der Waals surface area contributed by atoms with Gasteiger partial charge in [0.2, 0.25) is 0 Å². The summed E-state index contributed by atoms with van der Waals surface area (Å²) in [7, 11) is -4.15. The Bertz CT molecular complexity index is 462. The first-order valence-electron chi connectivity index (χ1n) is 4.24. The summed E-state index contributed by atoms with van der Waals surface area (Å²) in [5, 5.41) is 2.10. The van der Waals surface area contributed by atoms with Gasteiger partial charge < -0.3 is 14.4 Å². The van der Waals surface area contributed by atoms with Crippen LogP contribution in [0.5, 0.6) is 0 Å². The lowest BCUT2D eigenvalue weighted by Crippen LogP contribution is -2.48. The van der Waals surface area contributed by atoms with Crippen molar-refractivity contribution in [3.05, 3.63) is 42.5 Å². The zero-order chi connectivity index (χ0) is 10.2. The quantitative estimate of drug-likeness (QED) is 0.574. The van der Waals surface area contributed by atoms with E-state index in [1.807, 2.05) is 24.3 Å². The van der Waals surface area contributed by atoms with Gasteiger partial charge in [-0.15, -0.1) is 0 Å². The van der Waals surface area contributed by atoms with E-state index in [1.165, 1.54) is 6.07 Å². The Morgan fingerprint density at radius 2 is 1.43 bits per heavy atom. The Labute approximate surface area is 82.2 Å². The van der Waals surface area contributed by atoms with Gasteiger partial charge in [0, 0.05) is 5.19 Å². The van der Waals surface area contributed by atoms with Crippen LogP contribution in [-0.2, 0) is 0 Å². The monoisotopic (exact) mass is 206 g/mol. The topological polar surface area (TPSA) is 60.7 Å². The van der Waals surface area contributed by atoms with E-state index in [1.54, 1.807) is 12.1 Å². The lowest BCUT2D eigenvalue weighted by molar-refractivity contribution is 0.250. The molecule has 0 heterocycles. The summed E-state index contributed by atoms with van der Waals surface area (Å²) in [6.07, 6.45) is 0. The van der Waals surface area contributed by atoms with Crippen LogP contribution in [0.4, 0.5) is 0 Å². The molecule has 3 nitrogen and oxygen atoms in total. The van der Waals surface area contributed by atoms with E-state index < -0.39 is 8.80 Å². The van der Waals surface area contributed by atoms with E-state index >= 15 is 0 Å². The van der Waals surface area contributed by atoms with Gasteiger partial charge in [-0.1, -0.05) is 36.4 Å². The fourth-order valence-electron chi connectivity index (χ4n) is 1.40. The zero-order valence-electron chi connectivity index (χ0n) is 7.38. The predicted octanol–water partition coefficient (Wildman–Crippen LogP) is -0.0374. The maximum absolute atomic E-state index is 9.10. The van der Waals surface area contributed by atoms with Crippen LogP contribution in [0.2, 0.25) is 0 Å². The average Bonchev–Trinajstić information content (AvgIpc) is 2.16. The smallest absolute Gasteiger partial charge is 0.386 e. The van der Waals surface area contributed by atoms with Gasteiger partial charge in [0.25, 0.3) is 0 Å². The molecular formula is C10H10O3Si. The van der Waals surface area contributed by atoms with Crippen molar-refractivity contribution in [1.29, 1.82) is 0 Å². The molecule has 0 aliphatic carbocycles. The average molecular weight is 206 g/mol.